The summed E-state index contributed by atoms with van der Waals surface area (Å²) in [5, 5.41) is 27.6. The van der Waals surface area contributed by atoms with Crippen molar-refractivity contribution >= 4 is 17.9 Å². The zero-order valence-electron chi connectivity index (χ0n) is 14.4. The second-order valence-corrected chi connectivity index (χ2v) is 4.67. The van der Waals surface area contributed by atoms with Crippen LogP contribution < -0.4 is 0 Å². The van der Waals surface area contributed by atoms with Gasteiger partial charge in [0.2, 0.25) is 17.8 Å². The van der Waals surface area contributed by atoms with Crippen molar-refractivity contribution in [3.8, 4) is 18.2 Å². The van der Waals surface area contributed by atoms with Gasteiger partial charge in [-0.05, 0) is 0 Å². The molecule has 0 saturated carbocycles. The number of carbonyl (C=O) groups is 3. The zero-order valence-corrected chi connectivity index (χ0v) is 14.4. The highest BCUT2D eigenvalue weighted by molar-refractivity contribution is 5.82. The van der Waals surface area contributed by atoms with E-state index < -0.39 is 53.1 Å². The van der Waals surface area contributed by atoms with Crippen LogP contribution in [0.3, 0.4) is 0 Å². The first kappa shape index (κ1) is 20.9. The summed E-state index contributed by atoms with van der Waals surface area (Å²) in [6, 6.07) is 4.79. The maximum absolute atomic E-state index is 11.8. The monoisotopic (exact) mass is 372 g/mol. The Morgan fingerprint density at radius 3 is 1.04 bits per heavy atom. The summed E-state index contributed by atoms with van der Waals surface area (Å²) >= 11 is 0. The minimum absolute atomic E-state index is 0.502. The fourth-order valence-corrected chi connectivity index (χ4v) is 1.82. The van der Waals surface area contributed by atoms with Gasteiger partial charge < -0.3 is 14.2 Å². The fraction of sp³-hybridized carbons (Fsp3) is 0.400. The van der Waals surface area contributed by atoms with Gasteiger partial charge in [-0.25, -0.2) is 15.0 Å². The molecular formula is C15H12N6O6. The lowest BCUT2D eigenvalue weighted by molar-refractivity contribution is -0.141. The number of nitriles is 3. The lowest BCUT2D eigenvalue weighted by Crippen LogP contribution is -2.24. The summed E-state index contributed by atoms with van der Waals surface area (Å²) in [5.41, 5.74) is 0. The van der Waals surface area contributed by atoms with Crippen LogP contribution in [0.25, 0.3) is 0 Å². The van der Waals surface area contributed by atoms with E-state index in [0.717, 1.165) is 21.3 Å². The lowest BCUT2D eigenvalue weighted by atomic mass is 10.1. The van der Waals surface area contributed by atoms with Crippen LogP contribution in [0.4, 0.5) is 0 Å². The highest BCUT2D eigenvalue weighted by Crippen LogP contribution is 2.21. The molecule has 0 aromatic carbocycles. The zero-order chi connectivity index (χ0) is 20.6. The maximum Gasteiger partial charge on any atom is 0.331 e. The Morgan fingerprint density at radius 2 is 0.889 bits per heavy atom. The van der Waals surface area contributed by atoms with Crippen LogP contribution in [0.5, 0.6) is 0 Å². The number of hydrogen-bond donors (Lipinski definition) is 0. The van der Waals surface area contributed by atoms with Gasteiger partial charge in [0, 0.05) is 0 Å². The normalized spacial score (nSPS) is 12.9. The van der Waals surface area contributed by atoms with Crippen molar-refractivity contribution in [1.82, 2.24) is 15.0 Å². The number of carbonyl (C=O) groups excluding carboxylic acids is 3. The van der Waals surface area contributed by atoms with E-state index in [1.165, 1.54) is 0 Å². The van der Waals surface area contributed by atoms with Crippen molar-refractivity contribution in [3.05, 3.63) is 17.5 Å². The summed E-state index contributed by atoms with van der Waals surface area (Å²) in [6.07, 6.45) is 0. The molecule has 0 unspecified atom stereocenters. The number of nitrogens with zero attached hydrogens (tertiary/aromatic N) is 6. The van der Waals surface area contributed by atoms with Crippen molar-refractivity contribution in [2.45, 2.75) is 17.8 Å². The second kappa shape index (κ2) is 9.39. The van der Waals surface area contributed by atoms with Gasteiger partial charge in [-0.1, -0.05) is 0 Å². The molecule has 1 rings (SSSR count). The van der Waals surface area contributed by atoms with Gasteiger partial charge in [0.05, 0.1) is 39.5 Å². The molecule has 1 aromatic heterocycles. The third kappa shape index (κ3) is 4.50. The number of rotatable bonds is 6. The summed E-state index contributed by atoms with van der Waals surface area (Å²) in [5.74, 6) is -9.54. The number of hydrogen-bond acceptors (Lipinski definition) is 12. The number of methoxy groups -OCH3 is 3. The average molecular weight is 372 g/mol. The molecule has 0 aliphatic carbocycles. The Balaban J connectivity index is 3.71. The standard InChI is InChI=1S/C15H12N6O6/c1-25-13(22)7(4-16)10-19-11(8(5-17)14(23)26-2)21-12(20-10)9(6-18)15(24)27-3/h7-9H,1-3H3. The average Bonchev–Trinajstić information content (AvgIpc) is 2.68. The molecule has 0 bridgehead atoms. The molecule has 138 valence electrons. The quantitative estimate of drug-likeness (QED) is 0.447. The van der Waals surface area contributed by atoms with Gasteiger partial charge in [-0.15, -0.1) is 0 Å². The van der Waals surface area contributed by atoms with Gasteiger partial charge in [0.25, 0.3) is 0 Å². The maximum atomic E-state index is 11.8. The third-order valence-corrected chi connectivity index (χ3v) is 3.16. The predicted octanol–water partition coefficient (Wildman–Crippen LogP) is -0.788. The van der Waals surface area contributed by atoms with E-state index in [4.69, 9.17) is 0 Å². The van der Waals surface area contributed by atoms with Gasteiger partial charge in [0.1, 0.15) is 0 Å². The van der Waals surface area contributed by atoms with Crippen molar-refractivity contribution in [2.24, 2.45) is 0 Å². The molecule has 0 spiro atoms. The van der Waals surface area contributed by atoms with Gasteiger partial charge in [-0.2, -0.15) is 15.8 Å². The molecule has 0 N–H and O–H groups in total. The summed E-state index contributed by atoms with van der Waals surface area (Å²) < 4.78 is 13.4. The van der Waals surface area contributed by atoms with E-state index in [1.807, 2.05) is 0 Å². The number of aromatic nitrogens is 3. The van der Waals surface area contributed by atoms with Crippen LogP contribution in [0.2, 0.25) is 0 Å². The van der Waals surface area contributed by atoms with E-state index in [-0.39, 0.29) is 0 Å². The first-order chi connectivity index (χ1) is 12.9. The highest BCUT2D eigenvalue weighted by Gasteiger charge is 2.33. The molecule has 27 heavy (non-hydrogen) atoms. The van der Waals surface area contributed by atoms with Crippen molar-refractivity contribution < 1.29 is 28.6 Å². The molecule has 0 amide bonds. The largest absolute Gasteiger partial charge is 0.468 e. The number of esters is 3. The van der Waals surface area contributed by atoms with E-state index in [2.05, 4.69) is 29.2 Å². The van der Waals surface area contributed by atoms with Crippen LogP contribution in [0, 0.1) is 34.0 Å². The van der Waals surface area contributed by atoms with Crippen LogP contribution in [0.1, 0.15) is 35.2 Å². The SMILES string of the molecule is COC(=O)C(C#N)c1nc(C(C#N)C(=O)OC)nc(C(C#N)C(=O)OC)n1. The molecule has 0 aliphatic heterocycles. The van der Waals surface area contributed by atoms with Crippen molar-refractivity contribution in [2.75, 3.05) is 21.3 Å². The van der Waals surface area contributed by atoms with Crippen LogP contribution in [-0.4, -0.2) is 54.2 Å². The molecular weight excluding hydrogens is 360 g/mol. The lowest BCUT2D eigenvalue weighted by Gasteiger charge is -2.13. The molecule has 1 heterocycles. The van der Waals surface area contributed by atoms with Gasteiger partial charge in [-0.3, -0.25) is 14.4 Å². The Hall–Kier alpha value is -4.11. The van der Waals surface area contributed by atoms with E-state index in [0.29, 0.717) is 0 Å². The predicted molar refractivity (Wildman–Crippen MR) is 80.9 cm³/mol. The van der Waals surface area contributed by atoms with Crippen molar-refractivity contribution in [3.63, 3.8) is 0 Å². The summed E-state index contributed by atoms with van der Waals surface area (Å²) in [6.45, 7) is 0. The Labute approximate surface area is 152 Å². The number of ether oxygens (including phenoxy) is 3. The molecule has 0 fully saturated rings. The topological polar surface area (TPSA) is 189 Å². The first-order valence-corrected chi connectivity index (χ1v) is 7.06. The minimum atomic E-state index is -1.65. The first-order valence-electron chi connectivity index (χ1n) is 7.06. The summed E-state index contributed by atoms with van der Waals surface area (Å²) in [7, 11) is 3.07. The second-order valence-electron chi connectivity index (χ2n) is 4.67. The molecule has 12 heteroatoms. The van der Waals surface area contributed by atoms with Gasteiger partial charge >= 0.3 is 17.9 Å². The summed E-state index contributed by atoms with van der Waals surface area (Å²) in [4.78, 5) is 46.7. The van der Waals surface area contributed by atoms with E-state index >= 15 is 0 Å². The smallest absolute Gasteiger partial charge is 0.331 e. The molecule has 12 nitrogen and oxygen atoms in total. The van der Waals surface area contributed by atoms with Gasteiger partial charge in [0.15, 0.2) is 17.5 Å². The Morgan fingerprint density at radius 1 is 0.667 bits per heavy atom. The Kier molecular flexibility index (Phi) is 7.28. The van der Waals surface area contributed by atoms with Crippen molar-refractivity contribution in [1.29, 1.82) is 15.8 Å². The van der Waals surface area contributed by atoms with E-state index in [1.54, 1.807) is 18.2 Å². The fourth-order valence-electron chi connectivity index (χ4n) is 1.82. The molecule has 1 aromatic rings. The third-order valence-electron chi connectivity index (χ3n) is 3.16. The highest BCUT2D eigenvalue weighted by atomic mass is 16.5. The molecule has 0 aliphatic rings. The molecule has 0 radical (unpaired) electrons. The van der Waals surface area contributed by atoms with Crippen LogP contribution in [-0.2, 0) is 28.6 Å². The van der Waals surface area contributed by atoms with Crippen LogP contribution in [0.15, 0.2) is 0 Å². The Bertz CT molecular complexity index is 754. The van der Waals surface area contributed by atoms with E-state index in [9.17, 15) is 30.2 Å². The minimum Gasteiger partial charge on any atom is -0.468 e. The molecule has 0 atom stereocenters. The molecule has 0 saturated heterocycles. The van der Waals surface area contributed by atoms with Crippen LogP contribution >= 0.6 is 0 Å².